The van der Waals surface area contributed by atoms with Gasteiger partial charge in [-0.15, -0.1) is 0 Å². The Balaban J connectivity index is 2.42. The zero-order chi connectivity index (χ0) is 9.47. The average Bonchev–Trinajstić information content (AvgIpc) is 2.90. The molecular weight excluding hydrogens is 160 g/mol. The molecule has 1 aromatic rings. The van der Waals surface area contributed by atoms with Crippen molar-refractivity contribution in [3.8, 4) is 0 Å². The van der Waals surface area contributed by atoms with Crippen LogP contribution in [0.5, 0.6) is 0 Å². The lowest BCUT2D eigenvalue weighted by atomic mass is 9.96. The predicted molar refractivity (Wildman–Crippen MR) is 53.7 cm³/mol. The largest absolute Gasteiger partial charge is 0.360 e. The molecule has 0 saturated carbocycles. The number of epoxide rings is 1. The number of hydrogen-bond acceptors (Lipinski definition) is 1. The number of aryl methyl sites for hydroxylation is 2. The molecule has 1 aliphatic heterocycles. The highest BCUT2D eigenvalue weighted by molar-refractivity contribution is 5.38. The Morgan fingerprint density at radius 3 is 2.54 bits per heavy atom. The minimum Gasteiger partial charge on any atom is -0.360 e. The van der Waals surface area contributed by atoms with E-state index in [2.05, 4.69) is 38.6 Å². The van der Waals surface area contributed by atoms with E-state index in [-0.39, 0.29) is 5.60 Å². The highest BCUT2D eigenvalue weighted by Crippen LogP contribution is 2.40. The second-order valence-corrected chi connectivity index (χ2v) is 3.68. The van der Waals surface area contributed by atoms with Crippen LogP contribution < -0.4 is 0 Å². The van der Waals surface area contributed by atoms with E-state index in [0.717, 1.165) is 6.61 Å². The van der Waals surface area contributed by atoms with Crippen LogP contribution in [-0.2, 0) is 10.3 Å². The normalized spacial score (nSPS) is 25.7. The number of benzene rings is 1. The van der Waals surface area contributed by atoms with Gasteiger partial charge in [-0.3, -0.25) is 0 Å². The van der Waals surface area contributed by atoms with Gasteiger partial charge in [0, 0.05) is 0 Å². The van der Waals surface area contributed by atoms with Crippen LogP contribution in [0.2, 0.25) is 0 Å². The van der Waals surface area contributed by atoms with E-state index >= 15 is 0 Å². The van der Waals surface area contributed by atoms with Crippen molar-refractivity contribution >= 4 is 0 Å². The summed E-state index contributed by atoms with van der Waals surface area (Å²) in [6.07, 6.45) is 1.89. The van der Waals surface area contributed by atoms with Crippen molar-refractivity contribution < 1.29 is 4.74 Å². The molecule has 1 saturated heterocycles. The standard InChI is InChI=1S/C12H14O/c1-4-12(8-13-12)11-6-5-9(2)10(3)7-11/h4-7H,1,8H2,2-3H3. The van der Waals surface area contributed by atoms with E-state index in [4.69, 9.17) is 4.74 Å². The predicted octanol–water partition coefficient (Wildman–Crippen LogP) is 2.71. The summed E-state index contributed by atoms with van der Waals surface area (Å²) < 4.78 is 5.41. The van der Waals surface area contributed by atoms with E-state index in [1.165, 1.54) is 16.7 Å². The van der Waals surface area contributed by atoms with Crippen molar-refractivity contribution in [1.29, 1.82) is 0 Å². The molecule has 13 heavy (non-hydrogen) atoms. The molecule has 0 radical (unpaired) electrons. The van der Waals surface area contributed by atoms with Gasteiger partial charge in [-0.25, -0.2) is 0 Å². The van der Waals surface area contributed by atoms with Gasteiger partial charge in [0.25, 0.3) is 0 Å². The molecule has 1 heterocycles. The maximum atomic E-state index is 5.41. The molecule has 1 aliphatic rings. The Labute approximate surface area is 79.0 Å². The SMILES string of the molecule is C=CC1(c2ccc(C)c(C)c2)CO1. The Morgan fingerprint density at radius 2 is 2.08 bits per heavy atom. The second-order valence-electron chi connectivity index (χ2n) is 3.68. The van der Waals surface area contributed by atoms with Gasteiger partial charge >= 0.3 is 0 Å². The molecule has 0 aliphatic carbocycles. The molecule has 1 aromatic carbocycles. The van der Waals surface area contributed by atoms with Gasteiger partial charge in [0.15, 0.2) is 0 Å². The van der Waals surface area contributed by atoms with Crippen molar-refractivity contribution in [3.05, 3.63) is 47.5 Å². The molecule has 0 N–H and O–H groups in total. The Bertz CT molecular complexity index is 348. The fourth-order valence-corrected chi connectivity index (χ4v) is 1.48. The minimum absolute atomic E-state index is 0.168. The third-order valence-electron chi connectivity index (χ3n) is 2.78. The number of hydrogen-bond donors (Lipinski definition) is 0. The van der Waals surface area contributed by atoms with Crippen LogP contribution in [0.4, 0.5) is 0 Å². The third kappa shape index (κ3) is 1.29. The van der Waals surface area contributed by atoms with Crippen LogP contribution >= 0.6 is 0 Å². The summed E-state index contributed by atoms with van der Waals surface area (Å²) in [5.74, 6) is 0. The third-order valence-corrected chi connectivity index (χ3v) is 2.78. The first kappa shape index (κ1) is 8.52. The number of ether oxygens (including phenoxy) is 1. The molecular formula is C12H14O. The molecule has 2 rings (SSSR count). The fourth-order valence-electron chi connectivity index (χ4n) is 1.48. The van der Waals surface area contributed by atoms with Crippen LogP contribution in [0.25, 0.3) is 0 Å². The molecule has 1 unspecified atom stereocenters. The van der Waals surface area contributed by atoms with Gasteiger partial charge in [-0.2, -0.15) is 0 Å². The Kier molecular flexibility index (Phi) is 1.77. The molecule has 0 aromatic heterocycles. The summed E-state index contributed by atoms with van der Waals surface area (Å²) in [5, 5.41) is 0. The summed E-state index contributed by atoms with van der Waals surface area (Å²) in [5.41, 5.74) is 3.70. The van der Waals surface area contributed by atoms with Crippen molar-refractivity contribution in [1.82, 2.24) is 0 Å². The van der Waals surface area contributed by atoms with Crippen molar-refractivity contribution in [2.45, 2.75) is 19.4 Å². The Hall–Kier alpha value is -1.08. The van der Waals surface area contributed by atoms with Crippen molar-refractivity contribution in [2.75, 3.05) is 6.61 Å². The smallest absolute Gasteiger partial charge is 0.134 e. The van der Waals surface area contributed by atoms with E-state index in [0.29, 0.717) is 0 Å². The fraction of sp³-hybridized carbons (Fsp3) is 0.333. The Morgan fingerprint density at radius 1 is 1.38 bits per heavy atom. The van der Waals surface area contributed by atoms with Gasteiger partial charge in [0.1, 0.15) is 5.60 Å². The average molecular weight is 174 g/mol. The van der Waals surface area contributed by atoms with Crippen molar-refractivity contribution in [3.63, 3.8) is 0 Å². The lowest BCUT2D eigenvalue weighted by Crippen LogP contribution is -2.04. The molecule has 1 heteroatoms. The summed E-state index contributed by atoms with van der Waals surface area (Å²) in [6, 6.07) is 6.44. The van der Waals surface area contributed by atoms with Crippen LogP contribution in [0.3, 0.4) is 0 Å². The first-order valence-corrected chi connectivity index (χ1v) is 4.53. The van der Waals surface area contributed by atoms with E-state index in [9.17, 15) is 0 Å². The zero-order valence-corrected chi connectivity index (χ0v) is 8.13. The second kappa shape index (κ2) is 2.71. The molecule has 1 nitrogen and oxygen atoms in total. The summed E-state index contributed by atoms with van der Waals surface area (Å²) in [4.78, 5) is 0. The van der Waals surface area contributed by atoms with Crippen LogP contribution in [-0.4, -0.2) is 6.61 Å². The topological polar surface area (TPSA) is 12.5 Å². The molecule has 0 spiro atoms. The monoisotopic (exact) mass is 174 g/mol. The van der Waals surface area contributed by atoms with Gasteiger partial charge in [0.2, 0.25) is 0 Å². The zero-order valence-electron chi connectivity index (χ0n) is 8.13. The van der Waals surface area contributed by atoms with Crippen molar-refractivity contribution in [2.24, 2.45) is 0 Å². The van der Waals surface area contributed by atoms with Crippen LogP contribution in [0, 0.1) is 13.8 Å². The maximum absolute atomic E-state index is 5.41. The maximum Gasteiger partial charge on any atom is 0.134 e. The lowest BCUT2D eigenvalue weighted by molar-refractivity contribution is 0.357. The molecule has 0 amide bonds. The summed E-state index contributed by atoms with van der Waals surface area (Å²) in [7, 11) is 0. The van der Waals surface area contributed by atoms with Gasteiger partial charge in [-0.1, -0.05) is 30.9 Å². The first-order valence-electron chi connectivity index (χ1n) is 4.53. The summed E-state index contributed by atoms with van der Waals surface area (Å²) in [6.45, 7) is 8.82. The van der Waals surface area contributed by atoms with E-state index in [1.807, 2.05) is 6.08 Å². The molecule has 68 valence electrons. The van der Waals surface area contributed by atoms with E-state index < -0.39 is 0 Å². The molecule has 1 atom stereocenters. The van der Waals surface area contributed by atoms with Gasteiger partial charge in [0.05, 0.1) is 6.61 Å². The quantitative estimate of drug-likeness (QED) is 0.496. The highest BCUT2D eigenvalue weighted by atomic mass is 16.6. The first-order chi connectivity index (χ1) is 6.18. The molecule has 1 fully saturated rings. The summed E-state index contributed by atoms with van der Waals surface area (Å²) >= 11 is 0. The minimum atomic E-state index is -0.168. The van der Waals surface area contributed by atoms with Gasteiger partial charge < -0.3 is 4.74 Å². The van der Waals surface area contributed by atoms with Crippen LogP contribution in [0.1, 0.15) is 16.7 Å². The van der Waals surface area contributed by atoms with E-state index in [1.54, 1.807) is 0 Å². The number of rotatable bonds is 2. The highest BCUT2D eigenvalue weighted by Gasteiger charge is 2.43. The van der Waals surface area contributed by atoms with Gasteiger partial charge in [-0.05, 0) is 30.5 Å². The van der Waals surface area contributed by atoms with Crippen LogP contribution in [0.15, 0.2) is 30.9 Å². The molecule has 0 bridgehead atoms. The lowest BCUT2D eigenvalue weighted by Gasteiger charge is -2.08.